The first kappa shape index (κ1) is 17.2. The van der Waals surface area contributed by atoms with Gasteiger partial charge in [-0.2, -0.15) is 0 Å². The molecule has 0 N–H and O–H groups in total. The van der Waals surface area contributed by atoms with Gasteiger partial charge in [-0.25, -0.2) is 0 Å². The van der Waals surface area contributed by atoms with Crippen molar-refractivity contribution in [2.75, 3.05) is 33.4 Å². The highest BCUT2D eigenvalue weighted by Crippen LogP contribution is 2.37. The molecular formula is C19H34N2O2. The van der Waals surface area contributed by atoms with Crippen LogP contribution in [0.15, 0.2) is 0 Å². The highest BCUT2D eigenvalue weighted by atomic mass is 16.5. The number of morpholine rings is 1. The van der Waals surface area contributed by atoms with Gasteiger partial charge in [-0.15, -0.1) is 0 Å². The van der Waals surface area contributed by atoms with Gasteiger partial charge in [0.1, 0.15) is 5.54 Å². The molecule has 0 aromatic carbocycles. The second-order valence-electron chi connectivity index (χ2n) is 7.75. The first-order valence-corrected chi connectivity index (χ1v) is 9.84. The van der Waals surface area contributed by atoms with Crippen molar-refractivity contribution in [3.05, 3.63) is 0 Å². The van der Waals surface area contributed by atoms with Gasteiger partial charge in [0.15, 0.2) is 0 Å². The molecule has 2 aliphatic carbocycles. The average molecular weight is 322 g/mol. The Labute approximate surface area is 141 Å². The van der Waals surface area contributed by atoms with Crippen molar-refractivity contribution in [2.24, 2.45) is 0 Å². The quantitative estimate of drug-likeness (QED) is 0.748. The Balaban J connectivity index is 1.76. The molecule has 1 amide bonds. The first-order valence-electron chi connectivity index (χ1n) is 9.84. The summed E-state index contributed by atoms with van der Waals surface area (Å²) in [5, 5.41) is 0. The molecule has 4 heteroatoms. The number of ether oxygens (including phenoxy) is 1. The molecule has 0 bridgehead atoms. The Hall–Kier alpha value is -0.610. The lowest BCUT2D eigenvalue weighted by Gasteiger charge is -2.49. The Morgan fingerprint density at radius 3 is 2.13 bits per heavy atom. The van der Waals surface area contributed by atoms with E-state index in [1.807, 2.05) is 0 Å². The van der Waals surface area contributed by atoms with Crippen LogP contribution >= 0.6 is 0 Å². The average Bonchev–Trinajstić information content (AvgIpc) is 2.91. The van der Waals surface area contributed by atoms with Crippen LogP contribution in [-0.4, -0.2) is 60.6 Å². The number of hydrogen-bond donors (Lipinski definition) is 0. The Kier molecular flexibility index (Phi) is 5.97. The number of hydrogen-bond acceptors (Lipinski definition) is 3. The summed E-state index contributed by atoms with van der Waals surface area (Å²) in [7, 11) is 2.08. The van der Waals surface area contributed by atoms with Crippen LogP contribution < -0.4 is 0 Å². The molecule has 1 saturated heterocycles. The minimum absolute atomic E-state index is 0.233. The van der Waals surface area contributed by atoms with Crippen LogP contribution in [0.25, 0.3) is 0 Å². The zero-order valence-electron chi connectivity index (χ0n) is 14.9. The third-order valence-corrected chi connectivity index (χ3v) is 6.39. The molecule has 1 heterocycles. The van der Waals surface area contributed by atoms with E-state index in [9.17, 15) is 4.79 Å². The van der Waals surface area contributed by atoms with Gasteiger partial charge in [-0.1, -0.05) is 44.9 Å². The van der Waals surface area contributed by atoms with Crippen molar-refractivity contribution in [1.29, 1.82) is 0 Å². The Morgan fingerprint density at radius 2 is 1.52 bits per heavy atom. The van der Waals surface area contributed by atoms with E-state index in [1.165, 1.54) is 57.8 Å². The highest BCUT2D eigenvalue weighted by molar-refractivity contribution is 5.86. The van der Waals surface area contributed by atoms with E-state index in [2.05, 4.69) is 16.8 Å². The fourth-order valence-corrected chi connectivity index (χ4v) is 4.93. The number of nitrogens with zero attached hydrogens (tertiary/aromatic N) is 2. The van der Waals surface area contributed by atoms with E-state index in [0.29, 0.717) is 11.9 Å². The molecule has 3 rings (SSSR count). The van der Waals surface area contributed by atoms with Crippen LogP contribution in [0.1, 0.15) is 70.6 Å². The van der Waals surface area contributed by atoms with E-state index >= 15 is 0 Å². The summed E-state index contributed by atoms with van der Waals surface area (Å²) >= 11 is 0. The van der Waals surface area contributed by atoms with Crippen LogP contribution in [0.4, 0.5) is 0 Å². The molecule has 4 nitrogen and oxygen atoms in total. The minimum atomic E-state index is -0.233. The van der Waals surface area contributed by atoms with E-state index in [-0.39, 0.29) is 5.54 Å². The zero-order valence-corrected chi connectivity index (χ0v) is 14.9. The number of carbonyl (C=O) groups is 1. The molecule has 0 aromatic rings. The van der Waals surface area contributed by atoms with Gasteiger partial charge in [0.05, 0.1) is 13.2 Å². The molecule has 0 aromatic heterocycles. The molecule has 0 atom stereocenters. The molecule has 3 fully saturated rings. The van der Waals surface area contributed by atoms with Crippen LogP contribution in [0.5, 0.6) is 0 Å². The third-order valence-electron chi connectivity index (χ3n) is 6.39. The fraction of sp³-hybridized carbons (Fsp3) is 0.947. The minimum Gasteiger partial charge on any atom is -0.379 e. The predicted molar refractivity (Wildman–Crippen MR) is 92.5 cm³/mol. The number of amides is 1. The van der Waals surface area contributed by atoms with Gasteiger partial charge in [-0.3, -0.25) is 9.69 Å². The second kappa shape index (κ2) is 7.98. The Bertz CT molecular complexity index is 379. The largest absolute Gasteiger partial charge is 0.379 e. The fourth-order valence-electron chi connectivity index (χ4n) is 4.93. The molecule has 3 aliphatic rings. The van der Waals surface area contributed by atoms with E-state index in [0.717, 1.165) is 39.1 Å². The summed E-state index contributed by atoms with van der Waals surface area (Å²) in [6.07, 6.45) is 13.4. The van der Waals surface area contributed by atoms with Crippen molar-refractivity contribution in [1.82, 2.24) is 9.80 Å². The van der Waals surface area contributed by atoms with Crippen molar-refractivity contribution < 1.29 is 9.53 Å². The van der Waals surface area contributed by atoms with E-state index in [1.54, 1.807) is 0 Å². The highest BCUT2D eigenvalue weighted by Gasteiger charge is 2.47. The summed E-state index contributed by atoms with van der Waals surface area (Å²) in [6.45, 7) is 3.40. The second-order valence-corrected chi connectivity index (χ2v) is 7.75. The monoisotopic (exact) mass is 322 g/mol. The number of rotatable bonds is 3. The van der Waals surface area contributed by atoms with Crippen LogP contribution in [0.3, 0.4) is 0 Å². The van der Waals surface area contributed by atoms with Crippen LogP contribution in [0.2, 0.25) is 0 Å². The van der Waals surface area contributed by atoms with Gasteiger partial charge < -0.3 is 9.64 Å². The van der Waals surface area contributed by atoms with Crippen molar-refractivity contribution in [2.45, 2.75) is 82.2 Å². The topological polar surface area (TPSA) is 32.8 Å². The molecule has 2 saturated carbocycles. The molecule has 132 valence electrons. The standard InChI is InChI=1S/C19H34N2O2/c1-20(17-9-5-2-3-6-10-17)18(22)19(11-7-4-8-12-19)21-13-15-23-16-14-21/h17H,2-16H2,1H3. The smallest absolute Gasteiger partial charge is 0.243 e. The molecule has 0 unspecified atom stereocenters. The van der Waals surface area contributed by atoms with E-state index < -0.39 is 0 Å². The lowest BCUT2D eigenvalue weighted by Crippen LogP contribution is -2.63. The van der Waals surface area contributed by atoms with Gasteiger partial charge in [0, 0.05) is 26.2 Å². The van der Waals surface area contributed by atoms with Gasteiger partial charge in [0.2, 0.25) is 5.91 Å². The maximum atomic E-state index is 13.6. The lowest BCUT2D eigenvalue weighted by molar-refractivity contribution is -0.152. The van der Waals surface area contributed by atoms with Crippen molar-refractivity contribution in [3.63, 3.8) is 0 Å². The first-order chi connectivity index (χ1) is 11.2. The maximum absolute atomic E-state index is 13.6. The molecular weight excluding hydrogens is 288 g/mol. The van der Waals surface area contributed by atoms with Crippen LogP contribution in [0, 0.1) is 0 Å². The molecule has 0 spiro atoms. The normalized spacial score (nSPS) is 27.3. The molecule has 1 aliphatic heterocycles. The van der Waals surface area contributed by atoms with Crippen molar-refractivity contribution >= 4 is 5.91 Å². The maximum Gasteiger partial charge on any atom is 0.243 e. The lowest BCUT2D eigenvalue weighted by atomic mass is 9.78. The van der Waals surface area contributed by atoms with Crippen molar-refractivity contribution in [3.8, 4) is 0 Å². The third kappa shape index (κ3) is 3.74. The molecule has 0 radical (unpaired) electrons. The zero-order chi connectivity index (χ0) is 16.1. The SMILES string of the molecule is CN(C(=O)C1(N2CCOCC2)CCCCC1)C1CCCCCC1. The van der Waals surface area contributed by atoms with Crippen LogP contribution in [-0.2, 0) is 9.53 Å². The molecule has 23 heavy (non-hydrogen) atoms. The summed E-state index contributed by atoms with van der Waals surface area (Å²) in [5.41, 5.74) is -0.233. The summed E-state index contributed by atoms with van der Waals surface area (Å²) < 4.78 is 5.54. The van der Waals surface area contributed by atoms with Gasteiger partial charge in [-0.05, 0) is 25.7 Å². The Morgan fingerprint density at radius 1 is 0.957 bits per heavy atom. The van der Waals surface area contributed by atoms with Gasteiger partial charge >= 0.3 is 0 Å². The van der Waals surface area contributed by atoms with E-state index in [4.69, 9.17) is 4.74 Å². The number of likely N-dealkylation sites (N-methyl/N-ethyl adjacent to an activating group) is 1. The van der Waals surface area contributed by atoms with Gasteiger partial charge in [0.25, 0.3) is 0 Å². The number of carbonyl (C=O) groups excluding carboxylic acids is 1. The summed E-state index contributed by atoms with van der Waals surface area (Å²) in [4.78, 5) is 18.2. The summed E-state index contributed by atoms with van der Waals surface area (Å²) in [5.74, 6) is 0.408. The summed E-state index contributed by atoms with van der Waals surface area (Å²) in [6, 6.07) is 0.463. The predicted octanol–water partition coefficient (Wildman–Crippen LogP) is 3.20.